The first kappa shape index (κ1) is 24.0. The van der Waals surface area contributed by atoms with E-state index in [9.17, 15) is 13.2 Å². The first-order chi connectivity index (χ1) is 16.8. The zero-order chi connectivity index (χ0) is 24.6. The van der Waals surface area contributed by atoms with E-state index in [-0.39, 0.29) is 29.3 Å². The smallest absolute Gasteiger partial charge is 0.243 e. The number of aromatic amines is 1. The maximum atomic E-state index is 13.5. The first-order valence-corrected chi connectivity index (χ1v) is 14.1. The molecule has 2 aromatic carbocycles. The molecule has 1 aliphatic heterocycles. The van der Waals surface area contributed by atoms with Crippen molar-refractivity contribution in [3.05, 3.63) is 48.5 Å². The molecule has 1 saturated heterocycles. The number of fused-ring (bicyclic) bond motifs is 1. The number of nitrogens with one attached hydrogen (secondary N) is 2. The number of carbonyl (C=O) groups is 1. The Morgan fingerprint density at radius 2 is 1.86 bits per heavy atom. The Balaban J connectivity index is 1.32. The molecule has 2 N–H and O–H groups in total. The monoisotopic (exact) mass is 494 g/mol. The molecular weight excluding hydrogens is 460 g/mol. The van der Waals surface area contributed by atoms with E-state index in [4.69, 9.17) is 0 Å². The lowest BCUT2D eigenvalue weighted by molar-refractivity contribution is -0.127. The van der Waals surface area contributed by atoms with Gasteiger partial charge in [0.15, 0.2) is 0 Å². The SMILES string of the molecule is C[C@H]1[C@H](C)CCC[C@@H]1NC(=O)[C@H]1CCCN(S(=O)(=O)c2ccc3nc(-c4ccccc4)[nH]c3c2)C1. The minimum Gasteiger partial charge on any atom is -0.353 e. The summed E-state index contributed by atoms with van der Waals surface area (Å²) in [6, 6.07) is 14.9. The van der Waals surface area contributed by atoms with Crippen molar-refractivity contribution in [2.45, 2.75) is 56.9 Å². The summed E-state index contributed by atoms with van der Waals surface area (Å²) in [5, 5.41) is 3.25. The van der Waals surface area contributed by atoms with Crippen LogP contribution in [0.2, 0.25) is 0 Å². The van der Waals surface area contributed by atoms with Crippen LogP contribution in [0.3, 0.4) is 0 Å². The highest BCUT2D eigenvalue weighted by Gasteiger charge is 2.35. The lowest BCUT2D eigenvalue weighted by Crippen LogP contribution is -2.50. The lowest BCUT2D eigenvalue weighted by Gasteiger charge is -2.37. The normalized spacial score (nSPS) is 26.0. The van der Waals surface area contributed by atoms with Crippen LogP contribution in [0.4, 0.5) is 0 Å². The third-order valence-electron chi connectivity index (χ3n) is 7.93. The Labute approximate surface area is 207 Å². The maximum absolute atomic E-state index is 13.5. The molecule has 0 bridgehead atoms. The van der Waals surface area contributed by atoms with Gasteiger partial charge in [0.05, 0.1) is 21.8 Å². The van der Waals surface area contributed by atoms with E-state index in [1.807, 2.05) is 30.3 Å². The highest BCUT2D eigenvalue weighted by atomic mass is 32.2. The Hall–Kier alpha value is -2.71. The van der Waals surface area contributed by atoms with Crippen LogP contribution >= 0.6 is 0 Å². The molecule has 2 aliphatic rings. The molecule has 0 unspecified atom stereocenters. The van der Waals surface area contributed by atoms with Crippen LogP contribution in [-0.4, -0.2) is 47.7 Å². The zero-order valence-corrected chi connectivity index (χ0v) is 21.2. The predicted molar refractivity (Wildman–Crippen MR) is 137 cm³/mol. The van der Waals surface area contributed by atoms with Crippen LogP contribution in [0.5, 0.6) is 0 Å². The van der Waals surface area contributed by atoms with Crippen LogP contribution in [0.25, 0.3) is 22.4 Å². The van der Waals surface area contributed by atoms with Crippen molar-refractivity contribution >= 4 is 27.0 Å². The minimum atomic E-state index is -3.72. The van der Waals surface area contributed by atoms with Crippen LogP contribution in [0.15, 0.2) is 53.4 Å². The number of carbonyl (C=O) groups excluding carboxylic acids is 1. The van der Waals surface area contributed by atoms with E-state index in [0.29, 0.717) is 42.6 Å². The van der Waals surface area contributed by atoms with Crippen LogP contribution < -0.4 is 5.32 Å². The summed E-state index contributed by atoms with van der Waals surface area (Å²) >= 11 is 0. The van der Waals surface area contributed by atoms with Crippen molar-refractivity contribution in [2.24, 2.45) is 17.8 Å². The fourth-order valence-electron chi connectivity index (χ4n) is 5.49. The first-order valence-electron chi connectivity index (χ1n) is 12.7. The van der Waals surface area contributed by atoms with E-state index in [2.05, 4.69) is 29.1 Å². The standard InChI is InChI=1S/C27H34N4O3S/c1-18-8-6-12-23(19(18)2)30-27(32)21-11-7-15-31(17-21)35(33,34)22-13-14-24-25(16-22)29-26(28-24)20-9-4-3-5-10-20/h3-5,9-10,13-14,16,18-19,21,23H,6-8,11-12,15,17H2,1-2H3,(H,28,29)(H,30,32)/t18-,19+,21+,23+/m1/s1. The van der Waals surface area contributed by atoms with Gasteiger partial charge < -0.3 is 10.3 Å². The quantitative estimate of drug-likeness (QED) is 0.543. The Morgan fingerprint density at radius 3 is 2.66 bits per heavy atom. The molecule has 2 fully saturated rings. The average Bonchev–Trinajstić information content (AvgIpc) is 3.31. The fraction of sp³-hybridized carbons (Fsp3) is 0.481. The summed E-state index contributed by atoms with van der Waals surface area (Å²) in [5.74, 6) is 1.42. The second-order valence-electron chi connectivity index (χ2n) is 10.2. The summed E-state index contributed by atoms with van der Waals surface area (Å²) in [6.45, 7) is 5.11. The van der Waals surface area contributed by atoms with Gasteiger partial charge in [0.2, 0.25) is 15.9 Å². The van der Waals surface area contributed by atoms with E-state index in [0.717, 1.165) is 23.9 Å². The van der Waals surface area contributed by atoms with Crippen LogP contribution in [-0.2, 0) is 14.8 Å². The fourth-order valence-corrected chi connectivity index (χ4v) is 7.04. The summed E-state index contributed by atoms with van der Waals surface area (Å²) in [7, 11) is -3.72. The predicted octanol–water partition coefficient (Wildman–Crippen LogP) is 4.57. The second kappa shape index (κ2) is 9.74. The van der Waals surface area contributed by atoms with Crippen molar-refractivity contribution in [3.63, 3.8) is 0 Å². The summed E-state index contributed by atoms with van der Waals surface area (Å²) < 4.78 is 28.5. The largest absolute Gasteiger partial charge is 0.353 e. The zero-order valence-electron chi connectivity index (χ0n) is 20.4. The molecule has 1 amide bonds. The number of aromatic nitrogens is 2. The van der Waals surface area contributed by atoms with Crippen molar-refractivity contribution in [1.82, 2.24) is 19.6 Å². The van der Waals surface area contributed by atoms with Gasteiger partial charge in [-0.05, 0) is 49.3 Å². The number of hydrogen-bond donors (Lipinski definition) is 2. The molecule has 1 saturated carbocycles. The molecule has 1 aromatic heterocycles. The van der Waals surface area contributed by atoms with Gasteiger partial charge in [-0.3, -0.25) is 4.79 Å². The van der Waals surface area contributed by atoms with Gasteiger partial charge >= 0.3 is 0 Å². The maximum Gasteiger partial charge on any atom is 0.243 e. The van der Waals surface area contributed by atoms with Gasteiger partial charge in [-0.1, -0.05) is 57.0 Å². The topological polar surface area (TPSA) is 95.2 Å². The molecule has 4 atom stereocenters. The number of piperidine rings is 1. The Morgan fingerprint density at radius 1 is 1.06 bits per heavy atom. The third-order valence-corrected chi connectivity index (χ3v) is 9.79. The number of amides is 1. The number of sulfonamides is 1. The van der Waals surface area contributed by atoms with Crippen molar-refractivity contribution in [3.8, 4) is 11.4 Å². The summed E-state index contributed by atoms with van der Waals surface area (Å²) in [5.41, 5.74) is 2.34. The molecule has 2 heterocycles. The van der Waals surface area contributed by atoms with E-state index in [1.165, 1.54) is 10.7 Å². The highest BCUT2D eigenvalue weighted by Crippen LogP contribution is 2.31. The number of H-pyrrole nitrogens is 1. The van der Waals surface area contributed by atoms with Gasteiger partial charge in [0, 0.05) is 24.7 Å². The average molecular weight is 495 g/mol. The van der Waals surface area contributed by atoms with Gasteiger partial charge in [-0.15, -0.1) is 0 Å². The molecule has 0 spiro atoms. The molecule has 5 rings (SSSR count). The molecule has 186 valence electrons. The molecule has 7 nitrogen and oxygen atoms in total. The van der Waals surface area contributed by atoms with Crippen LogP contribution in [0, 0.1) is 17.8 Å². The van der Waals surface area contributed by atoms with Gasteiger partial charge in [-0.2, -0.15) is 4.31 Å². The van der Waals surface area contributed by atoms with E-state index < -0.39 is 10.0 Å². The van der Waals surface area contributed by atoms with E-state index >= 15 is 0 Å². The molecule has 8 heteroatoms. The highest BCUT2D eigenvalue weighted by molar-refractivity contribution is 7.89. The molecule has 35 heavy (non-hydrogen) atoms. The number of imidazole rings is 1. The molecular formula is C27H34N4O3S. The third kappa shape index (κ3) is 4.86. The molecule has 1 aliphatic carbocycles. The Kier molecular flexibility index (Phi) is 6.68. The van der Waals surface area contributed by atoms with Crippen molar-refractivity contribution in [1.29, 1.82) is 0 Å². The van der Waals surface area contributed by atoms with Gasteiger partial charge in [-0.25, -0.2) is 13.4 Å². The summed E-state index contributed by atoms with van der Waals surface area (Å²) in [6.07, 6.45) is 4.73. The van der Waals surface area contributed by atoms with Crippen LogP contribution in [0.1, 0.15) is 46.0 Å². The summed E-state index contributed by atoms with van der Waals surface area (Å²) in [4.78, 5) is 21.2. The lowest BCUT2D eigenvalue weighted by atomic mass is 9.78. The molecule has 3 aromatic rings. The van der Waals surface area contributed by atoms with Crippen molar-refractivity contribution in [2.75, 3.05) is 13.1 Å². The minimum absolute atomic E-state index is 0.00706. The Bertz CT molecular complexity index is 1300. The number of nitrogens with zero attached hydrogens (tertiary/aromatic N) is 2. The number of rotatable bonds is 5. The number of benzene rings is 2. The number of hydrogen-bond acceptors (Lipinski definition) is 4. The van der Waals surface area contributed by atoms with Gasteiger partial charge in [0.1, 0.15) is 5.82 Å². The van der Waals surface area contributed by atoms with Crippen molar-refractivity contribution < 1.29 is 13.2 Å². The molecule has 0 radical (unpaired) electrons. The second-order valence-corrected chi connectivity index (χ2v) is 12.2. The van der Waals surface area contributed by atoms with E-state index in [1.54, 1.807) is 18.2 Å². The van der Waals surface area contributed by atoms with Gasteiger partial charge in [0.25, 0.3) is 0 Å².